The van der Waals surface area contributed by atoms with Gasteiger partial charge in [0.2, 0.25) is 0 Å². The number of Topliss-reactive ketones (excluding diaryl/α,β-unsaturated/α-hetero) is 1. The van der Waals surface area contributed by atoms with E-state index in [1.165, 1.54) is 0 Å². The van der Waals surface area contributed by atoms with Crippen molar-refractivity contribution < 1.29 is 4.79 Å². The van der Waals surface area contributed by atoms with Gasteiger partial charge in [-0.25, -0.2) is 4.98 Å². The average molecular weight is 245 g/mol. The fourth-order valence-electron chi connectivity index (χ4n) is 2.00. The van der Waals surface area contributed by atoms with E-state index in [-0.39, 0.29) is 5.78 Å². The number of benzene rings is 1. The van der Waals surface area contributed by atoms with Crippen LogP contribution < -0.4 is 0 Å². The first-order chi connectivity index (χ1) is 8.24. The largest absolute Gasteiger partial charge is 0.313 e. The summed E-state index contributed by atoms with van der Waals surface area (Å²) in [6.07, 6.45) is 7.61. The minimum absolute atomic E-state index is 0.0520. The number of hydrogen-bond donors (Lipinski definition) is 0. The van der Waals surface area contributed by atoms with Gasteiger partial charge in [-0.3, -0.25) is 4.79 Å². The highest BCUT2D eigenvalue weighted by Gasteiger charge is 2.24. The van der Waals surface area contributed by atoms with E-state index < -0.39 is 0 Å². The van der Waals surface area contributed by atoms with E-state index in [0.29, 0.717) is 17.0 Å². The van der Waals surface area contributed by atoms with E-state index >= 15 is 0 Å². The first-order valence-electron chi connectivity index (χ1n) is 5.25. The topological polar surface area (TPSA) is 34.9 Å². The zero-order chi connectivity index (χ0) is 11.8. The fraction of sp³-hybridized carbons (Fsp3) is 0.0769. The zero-order valence-corrected chi connectivity index (χ0v) is 9.69. The molecule has 1 heterocycles. The van der Waals surface area contributed by atoms with Gasteiger partial charge in [-0.05, 0) is 17.7 Å². The molecule has 84 valence electrons. The molecule has 0 radical (unpaired) electrons. The summed E-state index contributed by atoms with van der Waals surface area (Å²) >= 11 is 5.89. The second-order valence-corrected chi connectivity index (χ2v) is 4.41. The van der Waals surface area contributed by atoms with Crippen LogP contribution in [0.3, 0.4) is 0 Å². The summed E-state index contributed by atoms with van der Waals surface area (Å²) in [7, 11) is 0. The lowest BCUT2D eigenvalue weighted by atomic mass is 10.1. The van der Waals surface area contributed by atoms with Gasteiger partial charge in [0.15, 0.2) is 5.78 Å². The molecule has 0 atom stereocenters. The summed E-state index contributed by atoms with van der Waals surface area (Å²) in [5, 5.41) is 0.598. The number of rotatable bonds is 1. The molecule has 0 saturated carbocycles. The molecular weight excluding hydrogens is 236 g/mol. The molecule has 0 spiro atoms. The monoisotopic (exact) mass is 244 g/mol. The summed E-state index contributed by atoms with van der Waals surface area (Å²) in [6, 6.07) is 5.45. The molecule has 1 aromatic carbocycles. The van der Waals surface area contributed by atoms with Crippen LogP contribution >= 0.6 is 11.6 Å². The lowest BCUT2D eigenvalue weighted by Crippen LogP contribution is -1.97. The highest BCUT2D eigenvalue weighted by Crippen LogP contribution is 2.28. The molecule has 0 bridgehead atoms. The number of nitrogens with zero attached hydrogens (tertiary/aromatic N) is 2. The smallest absolute Gasteiger partial charge is 0.191 e. The second kappa shape index (κ2) is 3.86. The Labute approximate surface area is 103 Å². The van der Waals surface area contributed by atoms with E-state index in [2.05, 4.69) is 4.98 Å². The van der Waals surface area contributed by atoms with Crippen LogP contribution in [-0.4, -0.2) is 15.3 Å². The van der Waals surface area contributed by atoms with Crippen LogP contribution in [0.5, 0.6) is 0 Å². The fourth-order valence-corrected chi connectivity index (χ4v) is 2.17. The Hall–Kier alpha value is -1.87. The van der Waals surface area contributed by atoms with Crippen LogP contribution in [0.15, 0.2) is 42.5 Å². The van der Waals surface area contributed by atoms with Crippen molar-refractivity contribution in [3.05, 3.63) is 58.6 Å². The summed E-state index contributed by atoms with van der Waals surface area (Å²) in [5.41, 5.74) is 2.51. The number of halogens is 1. The molecule has 0 aliphatic heterocycles. The number of aromatic nitrogens is 2. The van der Waals surface area contributed by atoms with Crippen molar-refractivity contribution in [2.75, 3.05) is 0 Å². The predicted octanol–water partition coefficient (Wildman–Crippen LogP) is 2.82. The maximum absolute atomic E-state index is 12.1. The molecule has 1 aliphatic carbocycles. The van der Waals surface area contributed by atoms with Crippen molar-refractivity contribution >= 4 is 23.6 Å². The summed E-state index contributed by atoms with van der Waals surface area (Å²) < 4.78 is 1.78. The van der Waals surface area contributed by atoms with E-state index in [4.69, 9.17) is 11.6 Å². The van der Waals surface area contributed by atoms with Gasteiger partial charge in [0.25, 0.3) is 0 Å². The van der Waals surface area contributed by atoms with Crippen LogP contribution in [0, 0.1) is 0 Å². The lowest BCUT2D eigenvalue weighted by Gasteiger charge is -1.95. The van der Waals surface area contributed by atoms with Gasteiger partial charge in [0.05, 0.1) is 6.33 Å². The minimum atomic E-state index is 0.0520. The average Bonchev–Trinajstić information content (AvgIpc) is 2.91. The van der Waals surface area contributed by atoms with E-state index in [9.17, 15) is 4.79 Å². The van der Waals surface area contributed by atoms with Crippen molar-refractivity contribution in [1.29, 1.82) is 0 Å². The third kappa shape index (κ3) is 1.78. The lowest BCUT2D eigenvalue weighted by molar-refractivity contribution is 0.104. The van der Waals surface area contributed by atoms with Crippen LogP contribution in [0.25, 0.3) is 6.20 Å². The second-order valence-electron chi connectivity index (χ2n) is 3.97. The van der Waals surface area contributed by atoms with Crippen LogP contribution in [-0.2, 0) is 6.42 Å². The number of carbonyl (C=O) groups excluding carboxylic acids is 1. The first kappa shape index (κ1) is 10.3. The summed E-state index contributed by atoms with van der Waals surface area (Å²) in [5.74, 6) is 0.0520. The number of fused-ring (bicyclic) bond motifs is 1. The highest BCUT2D eigenvalue weighted by atomic mass is 35.5. The maximum atomic E-state index is 12.1. The Morgan fingerprint density at radius 1 is 1.41 bits per heavy atom. The van der Waals surface area contributed by atoms with E-state index in [1.54, 1.807) is 29.4 Å². The molecule has 0 amide bonds. The molecule has 0 saturated heterocycles. The standard InChI is InChI=1S/C13H9ClN2O/c14-11-2-1-9-5-10(13(17)12(9)6-11)7-16-4-3-15-8-16/h1-4,6-8H,5H2/b10-7+. The first-order valence-corrected chi connectivity index (χ1v) is 5.63. The number of hydrogen-bond acceptors (Lipinski definition) is 2. The van der Waals surface area contributed by atoms with Crippen molar-refractivity contribution in [1.82, 2.24) is 9.55 Å². The molecule has 17 heavy (non-hydrogen) atoms. The maximum Gasteiger partial charge on any atom is 0.191 e. The Morgan fingerprint density at radius 3 is 3.06 bits per heavy atom. The summed E-state index contributed by atoms with van der Waals surface area (Å²) in [6.45, 7) is 0. The Balaban J connectivity index is 2.02. The number of carbonyl (C=O) groups is 1. The Bertz CT molecular complexity index is 614. The summed E-state index contributed by atoms with van der Waals surface area (Å²) in [4.78, 5) is 16.1. The van der Waals surface area contributed by atoms with Crippen molar-refractivity contribution in [2.45, 2.75) is 6.42 Å². The minimum Gasteiger partial charge on any atom is -0.313 e. The SMILES string of the molecule is O=C1/C(=C/n2ccnc2)Cc2ccc(Cl)cc21. The molecule has 2 aromatic rings. The van der Waals surface area contributed by atoms with Crippen LogP contribution in [0.4, 0.5) is 0 Å². The number of allylic oxidation sites excluding steroid dienone is 1. The Morgan fingerprint density at radius 2 is 2.29 bits per heavy atom. The van der Waals surface area contributed by atoms with Gasteiger partial charge in [0.1, 0.15) is 0 Å². The zero-order valence-electron chi connectivity index (χ0n) is 8.93. The van der Waals surface area contributed by atoms with Gasteiger partial charge in [-0.15, -0.1) is 0 Å². The van der Waals surface area contributed by atoms with Gasteiger partial charge in [-0.1, -0.05) is 17.7 Å². The number of ketones is 1. The molecule has 3 nitrogen and oxygen atoms in total. The third-order valence-electron chi connectivity index (χ3n) is 2.82. The van der Waals surface area contributed by atoms with Crippen LogP contribution in [0.1, 0.15) is 15.9 Å². The van der Waals surface area contributed by atoms with E-state index in [0.717, 1.165) is 11.1 Å². The van der Waals surface area contributed by atoms with E-state index in [1.807, 2.05) is 18.3 Å². The van der Waals surface area contributed by atoms with Crippen molar-refractivity contribution in [3.63, 3.8) is 0 Å². The highest BCUT2D eigenvalue weighted by molar-refractivity contribution is 6.31. The number of imidazole rings is 1. The van der Waals surface area contributed by atoms with Gasteiger partial charge in [-0.2, -0.15) is 0 Å². The van der Waals surface area contributed by atoms with Gasteiger partial charge >= 0.3 is 0 Å². The third-order valence-corrected chi connectivity index (χ3v) is 3.05. The molecule has 4 heteroatoms. The quantitative estimate of drug-likeness (QED) is 0.723. The molecule has 1 aliphatic rings. The Kier molecular flexibility index (Phi) is 2.34. The molecule has 0 fully saturated rings. The molecule has 1 aromatic heterocycles. The molecule has 0 N–H and O–H groups in total. The van der Waals surface area contributed by atoms with Crippen molar-refractivity contribution in [3.8, 4) is 0 Å². The predicted molar refractivity (Wildman–Crippen MR) is 66.0 cm³/mol. The molecule has 0 unspecified atom stereocenters. The van der Waals surface area contributed by atoms with Gasteiger partial charge < -0.3 is 4.57 Å². The van der Waals surface area contributed by atoms with Gasteiger partial charge in [0, 0.05) is 41.2 Å². The normalized spacial score (nSPS) is 16.5. The van der Waals surface area contributed by atoms with Crippen molar-refractivity contribution in [2.24, 2.45) is 0 Å². The molecular formula is C13H9ClN2O. The molecule has 3 rings (SSSR count). The van der Waals surface area contributed by atoms with Crippen LogP contribution in [0.2, 0.25) is 5.02 Å².